The predicted octanol–water partition coefficient (Wildman–Crippen LogP) is 3.67. The van der Waals surface area contributed by atoms with Crippen LogP contribution in [0.15, 0.2) is 30.3 Å². The van der Waals surface area contributed by atoms with Crippen molar-refractivity contribution in [1.82, 2.24) is 10.6 Å². The van der Waals surface area contributed by atoms with Gasteiger partial charge in [0.1, 0.15) is 6.04 Å². The Morgan fingerprint density at radius 3 is 2.29 bits per heavy atom. The number of benzene rings is 1. The zero-order valence-corrected chi connectivity index (χ0v) is 14.9. The molecule has 4 heteroatoms. The van der Waals surface area contributed by atoms with E-state index in [1.807, 2.05) is 32.0 Å². The number of amides is 2. The summed E-state index contributed by atoms with van der Waals surface area (Å²) in [4.78, 5) is 25.2. The van der Waals surface area contributed by atoms with Crippen molar-refractivity contribution in [3.63, 3.8) is 0 Å². The van der Waals surface area contributed by atoms with Crippen LogP contribution in [0.5, 0.6) is 0 Å². The maximum absolute atomic E-state index is 12.8. The predicted molar refractivity (Wildman–Crippen MR) is 96.8 cm³/mol. The van der Waals surface area contributed by atoms with E-state index in [0.29, 0.717) is 5.56 Å². The molecular weight excluding hydrogens is 300 g/mol. The standard InChI is InChI=1S/C20H30N2O2/c1-3-15(2)18(22-19(23)16-11-7-6-8-12-16)20(24)21-17-13-9-4-5-10-14-17/h6-8,11-12,15,17-18H,3-5,9-10,13-14H2,1-2H3,(H,21,24)(H,22,23)/t15-,18-/m0/s1. The van der Waals surface area contributed by atoms with Gasteiger partial charge in [-0.2, -0.15) is 0 Å². The topological polar surface area (TPSA) is 58.2 Å². The number of hydrogen-bond donors (Lipinski definition) is 2. The minimum absolute atomic E-state index is 0.0412. The minimum atomic E-state index is -0.481. The Labute approximate surface area is 145 Å². The summed E-state index contributed by atoms with van der Waals surface area (Å²) in [7, 11) is 0. The van der Waals surface area contributed by atoms with Crippen LogP contribution in [0.2, 0.25) is 0 Å². The van der Waals surface area contributed by atoms with Crippen molar-refractivity contribution in [3.05, 3.63) is 35.9 Å². The molecule has 0 heterocycles. The number of carbonyl (C=O) groups excluding carboxylic acids is 2. The Kier molecular flexibility index (Phi) is 7.29. The van der Waals surface area contributed by atoms with Crippen LogP contribution in [0.25, 0.3) is 0 Å². The van der Waals surface area contributed by atoms with Crippen molar-refractivity contribution in [1.29, 1.82) is 0 Å². The molecular formula is C20H30N2O2. The van der Waals surface area contributed by atoms with E-state index >= 15 is 0 Å². The van der Waals surface area contributed by atoms with Gasteiger partial charge in [-0.1, -0.05) is 64.2 Å². The Morgan fingerprint density at radius 1 is 1.08 bits per heavy atom. The molecule has 1 aliphatic carbocycles. The van der Waals surface area contributed by atoms with Crippen LogP contribution in [0.4, 0.5) is 0 Å². The minimum Gasteiger partial charge on any atom is -0.352 e. The lowest BCUT2D eigenvalue weighted by Crippen LogP contribution is -2.52. The maximum Gasteiger partial charge on any atom is 0.251 e. The van der Waals surface area contributed by atoms with Crippen molar-refractivity contribution < 1.29 is 9.59 Å². The largest absolute Gasteiger partial charge is 0.352 e. The summed E-state index contributed by atoms with van der Waals surface area (Å²) in [6.45, 7) is 4.06. The second kappa shape index (κ2) is 9.45. The second-order valence-corrected chi connectivity index (χ2v) is 6.90. The normalized spacial score (nSPS) is 18.2. The molecule has 0 aromatic heterocycles. The fourth-order valence-corrected chi connectivity index (χ4v) is 3.23. The highest BCUT2D eigenvalue weighted by atomic mass is 16.2. The van der Waals surface area contributed by atoms with Crippen LogP contribution in [0, 0.1) is 5.92 Å². The summed E-state index contributed by atoms with van der Waals surface area (Å²) < 4.78 is 0. The zero-order chi connectivity index (χ0) is 17.4. The summed E-state index contributed by atoms with van der Waals surface area (Å²) in [5, 5.41) is 6.12. The smallest absolute Gasteiger partial charge is 0.251 e. The molecule has 2 amide bonds. The molecule has 132 valence electrons. The van der Waals surface area contributed by atoms with Crippen molar-refractivity contribution in [3.8, 4) is 0 Å². The van der Waals surface area contributed by atoms with Crippen LogP contribution in [-0.4, -0.2) is 23.9 Å². The lowest BCUT2D eigenvalue weighted by atomic mass is 9.97. The molecule has 1 saturated carbocycles. The van der Waals surface area contributed by atoms with Gasteiger partial charge in [-0.15, -0.1) is 0 Å². The fourth-order valence-electron chi connectivity index (χ4n) is 3.23. The molecule has 0 radical (unpaired) electrons. The van der Waals surface area contributed by atoms with E-state index in [-0.39, 0.29) is 23.8 Å². The van der Waals surface area contributed by atoms with E-state index in [2.05, 4.69) is 10.6 Å². The first-order valence-electron chi connectivity index (χ1n) is 9.28. The third kappa shape index (κ3) is 5.36. The molecule has 0 aliphatic heterocycles. The lowest BCUT2D eigenvalue weighted by Gasteiger charge is -2.26. The van der Waals surface area contributed by atoms with E-state index < -0.39 is 6.04 Å². The number of nitrogens with one attached hydrogen (secondary N) is 2. The monoisotopic (exact) mass is 330 g/mol. The van der Waals surface area contributed by atoms with Crippen LogP contribution >= 0.6 is 0 Å². The summed E-state index contributed by atoms with van der Waals surface area (Å²) in [6, 6.07) is 8.85. The van der Waals surface area contributed by atoms with Gasteiger partial charge in [0.2, 0.25) is 5.91 Å². The molecule has 4 nitrogen and oxygen atoms in total. The molecule has 0 bridgehead atoms. The van der Waals surface area contributed by atoms with Crippen molar-refractivity contribution >= 4 is 11.8 Å². The van der Waals surface area contributed by atoms with E-state index in [1.54, 1.807) is 12.1 Å². The van der Waals surface area contributed by atoms with E-state index in [0.717, 1.165) is 19.3 Å². The van der Waals surface area contributed by atoms with Gasteiger partial charge in [-0.25, -0.2) is 0 Å². The highest BCUT2D eigenvalue weighted by molar-refractivity contribution is 5.97. The van der Waals surface area contributed by atoms with Crippen molar-refractivity contribution in [2.75, 3.05) is 0 Å². The highest BCUT2D eigenvalue weighted by Gasteiger charge is 2.28. The summed E-state index contributed by atoms with van der Waals surface area (Å²) in [6.07, 6.45) is 7.80. The van der Waals surface area contributed by atoms with E-state index in [9.17, 15) is 9.59 Å². The molecule has 2 rings (SSSR count). The summed E-state index contributed by atoms with van der Waals surface area (Å²) in [5.41, 5.74) is 0.591. The van der Waals surface area contributed by atoms with Crippen LogP contribution in [-0.2, 0) is 4.79 Å². The van der Waals surface area contributed by atoms with Crippen LogP contribution in [0.1, 0.15) is 69.2 Å². The molecule has 24 heavy (non-hydrogen) atoms. The highest BCUT2D eigenvalue weighted by Crippen LogP contribution is 2.18. The molecule has 2 atom stereocenters. The number of hydrogen-bond acceptors (Lipinski definition) is 2. The maximum atomic E-state index is 12.8. The first kappa shape index (κ1) is 18.5. The quantitative estimate of drug-likeness (QED) is 0.782. The number of carbonyl (C=O) groups is 2. The van der Waals surface area contributed by atoms with Gasteiger partial charge in [0, 0.05) is 11.6 Å². The van der Waals surface area contributed by atoms with Crippen molar-refractivity contribution in [2.45, 2.75) is 70.9 Å². The molecule has 1 fully saturated rings. The van der Waals surface area contributed by atoms with Gasteiger partial charge in [0.15, 0.2) is 0 Å². The molecule has 2 N–H and O–H groups in total. The Bertz CT molecular complexity index is 522. The Hall–Kier alpha value is -1.84. The van der Waals surface area contributed by atoms with Gasteiger partial charge >= 0.3 is 0 Å². The summed E-state index contributed by atoms with van der Waals surface area (Å²) in [5.74, 6) is -0.124. The zero-order valence-electron chi connectivity index (χ0n) is 14.9. The van der Waals surface area contributed by atoms with Gasteiger partial charge in [-0.05, 0) is 30.9 Å². The van der Waals surface area contributed by atoms with E-state index in [1.165, 1.54) is 25.7 Å². The second-order valence-electron chi connectivity index (χ2n) is 6.90. The van der Waals surface area contributed by atoms with Crippen molar-refractivity contribution in [2.24, 2.45) is 5.92 Å². The van der Waals surface area contributed by atoms with Gasteiger partial charge in [-0.3, -0.25) is 9.59 Å². The Balaban J connectivity index is 2.01. The van der Waals surface area contributed by atoms with Crippen LogP contribution in [0.3, 0.4) is 0 Å². The average molecular weight is 330 g/mol. The first-order chi connectivity index (χ1) is 11.6. The fraction of sp³-hybridized carbons (Fsp3) is 0.600. The Morgan fingerprint density at radius 2 is 1.71 bits per heavy atom. The molecule has 1 aromatic rings. The molecule has 1 aromatic carbocycles. The summed E-state index contributed by atoms with van der Waals surface area (Å²) >= 11 is 0. The molecule has 0 saturated heterocycles. The lowest BCUT2D eigenvalue weighted by molar-refractivity contribution is -0.124. The van der Waals surface area contributed by atoms with E-state index in [4.69, 9.17) is 0 Å². The number of rotatable bonds is 6. The van der Waals surface area contributed by atoms with Gasteiger partial charge in [0.05, 0.1) is 0 Å². The molecule has 0 unspecified atom stereocenters. The SMILES string of the molecule is CC[C@H](C)[C@H](NC(=O)c1ccccc1)C(=O)NC1CCCCCC1. The third-order valence-corrected chi connectivity index (χ3v) is 5.02. The van der Waals surface area contributed by atoms with Gasteiger partial charge < -0.3 is 10.6 Å². The van der Waals surface area contributed by atoms with Gasteiger partial charge in [0.25, 0.3) is 5.91 Å². The molecule has 1 aliphatic rings. The first-order valence-corrected chi connectivity index (χ1v) is 9.28. The molecule has 0 spiro atoms. The average Bonchev–Trinajstić information content (AvgIpc) is 2.88. The third-order valence-electron chi connectivity index (χ3n) is 5.02. The van der Waals surface area contributed by atoms with Crippen LogP contribution < -0.4 is 10.6 Å².